The second-order valence-electron chi connectivity index (χ2n) is 5.29. The van der Waals surface area contributed by atoms with Crippen molar-refractivity contribution in [1.82, 2.24) is 15.6 Å². The van der Waals surface area contributed by atoms with E-state index in [-0.39, 0.29) is 11.8 Å². The largest absolute Gasteiger partial charge is 0.355 e. The molecule has 1 heterocycles. The second-order valence-corrected chi connectivity index (χ2v) is 7.54. The Morgan fingerprint density at radius 1 is 1.12 bits per heavy atom. The van der Waals surface area contributed by atoms with Crippen LogP contribution in [0, 0.1) is 0 Å². The topological polar surface area (TPSA) is 71.1 Å². The van der Waals surface area contributed by atoms with Crippen molar-refractivity contribution in [3.05, 3.63) is 59.7 Å². The molecular formula is C18H17N3O2S2. The predicted molar refractivity (Wildman–Crippen MR) is 102 cm³/mol. The molecule has 0 spiro atoms. The Hall–Kier alpha value is -2.38. The van der Waals surface area contributed by atoms with Gasteiger partial charge in [0, 0.05) is 19.2 Å². The molecule has 2 amide bonds. The predicted octanol–water partition coefficient (Wildman–Crippen LogP) is 3.06. The number of amides is 2. The molecule has 2 aromatic carbocycles. The molecule has 0 atom stereocenters. The van der Waals surface area contributed by atoms with Gasteiger partial charge in [-0.05, 0) is 29.8 Å². The minimum absolute atomic E-state index is 0.0420. The van der Waals surface area contributed by atoms with Gasteiger partial charge in [-0.25, -0.2) is 4.98 Å². The number of aromatic nitrogens is 1. The van der Waals surface area contributed by atoms with E-state index in [4.69, 9.17) is 0 Å². The van der Waals surface area contributed by atoms with Crippen LogP contribution in [0.1, 0.15) is 15.9 Å². The molecule has 2 N–H and O–H groups in total. The van der Waals surface area contributed by atoms with Gasteiger partial charge in [0.05, 0.1) is 16.0 Å². The zero-order chi connectivity index (χ0) is 17.6. The fraction of sp³-hybridized carbons (Fsp3) is 0.167. The van der Waals surface area contributed by atoms with Crippen LogP contribution in [0.2, 0.25) is 0 Å². The number of nitrogens with one attached hydrogen (secondary N) is 2. The van der Waals surface area contributed by atoms with Crippen LogP contribution in [0.5, 0.6) is 0 Å². The zero-order valence-electron chi connectivity index (χ0n) is 13.6. The number of thioether (sulfide) groups is 1. The van der Waals surface area contributed by atoms with Crippen molar-refractivity contribution in [3.8, 4) is 0 Å². The Bertz CT molecular complexity index is 858. The van der Waals surface area contributed by atoms with Gasteiger partial charge in [0.15, 0.2) is 4.34 Å². The molecule has 0 aliphatic carbocycles. The Labute approximate surface area is 153 Å². The van der Waals surface area contributed by atoms with Crippen LogP contribution in [0.15, 0.2) is 52.9 Å². The highest BCUT2D eigenvalue weighted by atomic mass is 32.2. The van der Waals surface area contributed by atoms with E-state index in [1.807, 2.05) is 36.4 Å². The van der Waals surface area contributed by atoms with Crippen molar-refractivity contribution in [3.63, 3.8) is 0 Å². The van der Waals surface area contributed by atoms with E-state index in [9.17, 15) is 9.59 Å². The number of carbonyl (C=O) groups is 2. The maximum absolute atomic E-state index is 12.0. The summed E-state index contributed by atoms with van der Waals surface area (Å²) in [7, 11) is 1.60. The SMILES string of the molecule is CNC(=O)c1ccc(CNC(=O)CSc2nc3ccccc3s2)cc1. The zero-order valence-corrected chi connectivity index (χ0v) is 15.2. The summed E-state index contributed by atoms with van der Waals surface area (Å²) in [6, 6.07) is 15.1. The van der Waals surface area contributed by atoms with Crippen LogP contribution < -0.4 is 10.6 Å². The Morgan fingerprint density at radius 2 is 1.88 bits per heavy atom. The van der Waals surface area contributed by atoms with Crippen molar-refractivity contribution >= 4 is 45.1 Å². The van der Waals surface area contributed by atoms with Crippen LogP contribution in [-0.4, -0.2) is 29.6 Å². The monoisotopic (exact) mass is 371 g/mol. The first-order valence-corrected chi connectivity index (χ1v) is 9.52. The standard InChI is InChI=1S/C18H17N3O2S2/c1-19-17(23)13-8-6-12(7-9-13)10-20-16(22)11-24-18-21-14-4-2-3-5-15(14)25-18/h2-9H,10-11H2,1H3,(H,19,23)(H,20,22). The number of benzene rings is 2. The lowest BCUT2D eigenvalue weighted by molar-refractivity contribution is -0.118. The molecule has 0 bridgehead atoms. The van der Waals surface area contributed by atoms with Crippen molar-refractivity contribution in [2.75, 3.05) is 12.8 Å². The third kappa shape index (κ3) is 4.58. The minimum Gasteiger partial charge on any atom is -0.355 e. The Morgan fingerprint density at radius 3 is 2.60 bits per heavy atom. The molecule has 0 aliphatic rings. The summed E-state index contributed by atoms with van der Waals surface area (Å²) in [5.41, 5.74) is 2.52. The lowest BCUT2D eigenvalue weighted by Crippen LogP contribution is -2.24. The molecule has 128 valence electrons. The molecule has 1 aromatic heterocycles. The number of thiazole rings is 1. The van der Waals surface area contributed by atoms with E-state index in [2.05, 4.69) is 15.6 Å². The molecule has 5 nitrogen and oxygen atoms in total. The van der Waals surface area contributed by atoms with E-state index in [1.165, 1.54) is 11.8 Å². The van der Waals surface area contributed by atoms with Gasteiger partial charge in [0.2, 0.25) is 5.91 Å². The molecule has 0 saturated heterocycles. The van der Waals surface area contributed by atoms with E-state index >= 15 is 0 Å². The fourth-order valence-electron chi connectivity index (χ4n) is 2.21. The summed E-state index contributed by atoms with van der Waals surface area (Å²) in [6.07, 6.45) is 0. The first-order valence-electron chi connectivity index (χ1n) is 7.72. The van der Waals surface area contributed by atoms with E-state index in [0.29, 0.717) is 17.9 Å². The summed E-state index contributed by atoms with van der Waals surface area (Å²) in [6.45, 7) is 0.438. The van der Waals surface area contributed by atoms with Gasteiger partial charge >= 0.3 is 0 Å². The fourth-order valence-corrected chi connectivity index (χ4v) is 4.11. The van der Waals surface area contributed by atoms with Gasteiger partial charge in [0.25, 0.3) is 5.91 Å². The van der Waals surface area contributed by atoms with Crippen molar-refractivity contribution in [2.45, 2.75) is 10.9 Å². The molecule has 3 aromatic rings. The van der Waals surface area contributed by atoms with Crippen molar-refractivity contribution in [1.29, 1.82) is 0 Å². The van der Waals surface area contributed by atoms with E-state index < -0.39 is 0 Å². The summed E-state index contributed by atoms with van der Waals surface area (Å²) < 4.78 is 2.02. The van der Waals surface area contributed by atoms with E-state index in [0.717, 1.165) is 20.1 Å². The summed E-state index contributed by atoms with van der Waals surface area (Å²) in [4.78, 5) is 28.0. The normalized spacial score (nSPS) is 10.6. The van der Waals surface area contributed by atoms with E-state index in [1.54, 1.807) is 30.5 Å². The average molecular weight is 371 g/mol. The molecular weight excluding hydrogens is 354 g/mol. The smallest absolute Gasteiger partial charge is 0.251 e. The quantitative estimate of drug-likeness (QED) is 0.653. The average Bonchev–Trinajstić information content (AvgIpc) is 3.07. The van der Waals surface area contributed by atoms with Crippen LogP contribution in [0.25, 0.3) is 10.2 Å². The second kappa shape index (κ2) is 8.13. The van der Waals surface area contributed by atoms with Crippen LogP contribution in [-0.2, 0) is 11.3 Å². The lowest BCUT2D eigenvalue weighted by Gasteiger charge is -2.05. The third-order valence-electron chi connectivity index (χ3n) is 3.53. The number of nitrogens with zero attached hydrogens (tertiary/aromatic N) is 1. The Balaban J connectivity index is 1.48. The van der Waals surface area contributed by atoms with Gasteiger partial charge in [-0.2, -0.15) is 0 Å². The molecule has 3 rings (SSSR count). The number of hydrogen-bond donors (Lipinski definition) is 2. The molecule has 0 saturated carbocycles. The van der Waals surface area contributed by atoms with Crippen LogP contribution >= 0.6 is 23.1 Å². The molecule has 0 fully saturated rings. The summed E-state index contributed by atoms with van der Waals surface area (Å²) in [5, 5.41) is 5.46. The van der Waals surface area contributed by atoms with Gasteiger partial charge in [-0.3, -0.25) is 9.59 Å². The lowest BCUT2D eigenvalue weighted by atomic mass is 10.1. The number of hydrogen-bond acceptors (Lipinski definition) is 5. The number of para-hydroxylation sites is 1. The highest BCUT2D eigenvalue weighted by Crippen LogP contribution is 2.28. The van der Waals surface area contributed by atoms with Crippen molar-refractivity contribution in [2.24, 2.45) is 0 Å². The van der Waals surface area contributed by atoms with Gasteiger partial charge in [-0.15, -0.1) is 11.3 Å². The highest BCUT2D eigenvalue weighted by molar-refractivity contribution is 8.01. The van der Waals surface area contributed by atoms with Gasteiger partial charge < -0.3 is 10.6 Å². The minimum atomic E-state index is -0.122. The van der Waals surface area contributed by atoms with Crippen LogP contribution in [0.4, 0.5) is 0 Å². The molecule has 0 radical (unpaired) electrons. The molecule has 25 heavy (non-hydrogen) atoms. The number of carbonyl (C=O) groups excluding carboxylic acids is 2. The number of fused-ring (bicyclic) bond motifs is 1. The summed E-state index contributed by atoms with van der Waals surface area (Å²) in [5.74, 6) is 0.165. The maximum atomic E-state index is 12.0. The number of rotatable bonds is 6. The van der Waals surface area contributed by atoms with Gasteiger partial charge in [0.1, 0.15) is 0 Å². The third-order valence-corrected chi connectivity index (χ3v) is 5.71. The van der Waals surface area contributed by atoms with Crippen LogP contribution in [0.3, 0.4) is 0 Å². The van der Waals surface area contributed by atoms with Gasteiger partial charge in [-0.1, -0.05) is 36.0 Å². The molecule has 0 aliphatic heterocycles. The Kier molecular flexibility index (Phi) is 5.67. The highest BCUT2D eigenvalue weighted by Gasteiger charge is 2.08. The molecule has 0 unspecified atom stereocenters. The molecule has 7 heteroatoms. The summed E-state index contributed by atoms with van der Waals surface area (Å²) >= 11 is 3.04. The van der Waals surface area contributed by atoms with Crippen molar-refractivity contribution < 1.29 is 9.59 Å². The first kappa shape index (κ1) is 17.4. The first-order chi connectivity index (χ1) is 12.2. The maximum Gasteiger partial charge on any atom is 0.251 e.